The molecule has 1 fully saturated rings. The van der Waals surface area contributed by atoms with Gasteiger partial charge in [-0.3, -0.25) is 9.69 Å². The number of ether oxygens (including phenoxy) is 2. The van der Waals surface area contributed by atoms with Crippen LogP contribution in [0, 0.1) is 5.92 Å². The molecule has 1 aliphatic rings. The highest BCUT2D eigenvalue weighted by molar-refractivity contribution is 5.86. The highest BCUT2D eigenvalue weighted by atomic mass is 16.6. The maximum absolute atomic E-state index is 11.8. The Morgan fingerprint density at radius 1 is 1.65 bits per heavy atom. The quantitative estimate of drug-likeness (QED) is 0.679. The van der Waals surface area contributed by atoms with Gasteiger partial charge in [0.15, 0.2) is 5.78 Å². The van der Waals surface area contributed by atoms with Crippen LogP contribution in [0.5, 0.6) is 0 Å². The van der Waals surface area contributed by atoms with E-state index in [1.165, 1.54) is 4.90 Å². The van der Waals surface area contributed by atoms with Crippen molar-refractivity contribution in [2.24, 2.45) is 5.92 Å². The molecule has 1 heterocycles. The van der Waals surface area contributed by atoms with Gasteiger partial charge >= 0.3 is 6.09 Å². The van der Waals surface area contributed by atoms with E-state index in [2.05, 4.69) is 0 Å². The molecule has 0 aliphatic carbocycles. The zero-order valence-electron chi connectivity index (χ0n) is 10.8. The number of methoxy groups -OCH3 is 1. The largest absolute Gasteiger partial charge is 0.442 e. The van der Waals surface area contributed by atoms with Gasteiger partial charge in [0.25, 0.3) is 0 Å². The third-order valence-corrected chi connectivity index (χ3v) is 2.92. The first-order chi connectivity index (χ1) is 8.08. The summed E-state index contributed by atoms with van der Waals surface area (Å²) in [4.78, 5) is 24.7. The zero-order chi connectivity index (χ0) is 12.8. The molecule has 1 aliphatic heterocycles. The highest BCUT2D eigenvalue weighted by Crippen LogP contribution is 2.14. The molecule has 98 valence electrons. The molecule has 0 spiro atoms. The maximum Gasteiger partial charge on any atom is 0.410 e. The average Bonchev–Trinajstić information content (AvgIpc) is 2.60. The SMILES string of the molecule is CCC[C@@H](C)C(=O)CN1CC(COC)OC1=O. The summed E-state index contributed by atoms with van der Waals surface area (Å²) < 4.78 is 9.99. The Hall–Kier alpha value is -1.10. The van der Waals surface area contributed by atoms with E-state index in [9.17, 15) is 9.59 Å². The predicted molar refractivity (Wildman–Crippen MR) is 62.8 cm³/mol. The van der Waals surface area contributed by atoms with E-state index >= 15 is 0 Å². The molecule has 0 saturated carbocycles. The van der Waals surface area contributed by atoms with Gasteiger partial charge in [-0.2, -0.15) is 0 Å². The third-order valence-electron chi connectivity index (χ3n) is 2.92. The van der Waals surface area contributed by atoms with Crippen LogP contribution in [0.3, 0.4) is 0 Å². The van der Waals surface area contributed by atoms with Gasteiger partial charge in [-0.15, -0.1) is 0 Å². The Labute approximate surface area is 102 Å². The lowest BCUT2D eigenvalue weighted by atomic mass is 10.0. The average molecular weight is 243 g/mol. The Bertz CT molecular complexity index is 280. The molecule has 1 amide bonds. The summed E-state index contributed by atoms with van der Waals surface area (Å²) in [7, 11) is 1.56. The van der Waals surface area contributed by atoms with Crippen LogP contribution in [-0.2, 0) is 14.3 Å². The first kappa shape index (κ1) is 14.0. The standard InChI is InChI=1S/C12H21NO4/c1-4-5-9(2)11(14)7-13-6-10(8-16-3)17-12(13)15/h9-10H,4-8H2,1-3H3/t9-,10?/m1/s1. The first-order valence-electron chi connectivity index (χ1n) is 6.05. The van der Waals surface area contributed by atoms with Crippen molar-refractivity contribution in [1.29, 1.82) is 0 Å². The van der Waals surface area contributed by atoms with Gasteiger partial charge in [0.2, 0.25) is 0 Å². The van der Waals surface area contributed by atoms with Crippen molar-refractivity contribution in [3.05, 3.63) is 0 Å². The molecular weight excluding hydrogens is 222 g/mol. The molecule has 0 aromatic carbocycles. The fourth-order valence-corrected chi connectivity index (χ4v) is 1.91. The molecule has 0 radical (unpaired) electrons. The number of carbonyl (C=O) groups excluding carboxylic acids is 2. The number of amides is 1. The second kappa shape index (κ2) is 6.59. The number of rotatable bonds is 7. The molecule has 17 heavy (non-hydrogen) atoms. The second-order valence-corrected chi connectivity index (χ2v) is 4.50. The molecule has 5 nitrogen and oxygen atoms in total. The van der Waals surface area contributed by atoms with Crippen molar-refractivity contribution in [2.45, 2.75) is 32.8 Å². The molecule has 1 saturated heterocycles. The van der Waals surface area contributed by atoms with Gasteiger partial charge in [-0.05, 0) is 6.42 Å². The van der Waals surface area contributed by atoms with Crippen LogP contribution in [0.15, 0.2) is 0 Å². The molecule has 1 unspecified atom stereocenters. The summed E-state index contributed by atoms with van der Waals surface area (Å²) in [5.41, 5.74) is 0. The molecule has 0 N–H and O–H groups in total. The van der Waals surface area contributed by atoms with E-state index in [0.29, 0.717) is 13.2 Å². The lowest BCUT2D eigenvalue weighted by Crippen LogP contribution is -2.34. The lowest BCUT2D eigenvalue weighted by molar-refractivity contribution is -0.123. The Morgan fingerprint density at radius 2 is 2.35 bits per heavy atom. The third kappa shape index (κ3) is 4.00. The van der Waals surface area contributed by atoms with E-state index in [1.807, 2.05) is 13.8 Å². The van der Waals surface area contributed by atoms with E-state index in [0.717, 1.165) is 12.8 Å². The van der Waals surface area contributed by atoms with Crippen molar-refractivity contribution in [3.63, 3.8) is 0 Å². The molecular formula is C12H21NO4. The van der Waals surface area contributed by atoms with Gasteiger partial charge in [0, 0.05) is 13.0 Å². The molecule has 5 heteroatoms. The minimum Gasteiger partial charge on any atom is -0.442 e. The topological polar surface area (TPSA) is 55.8 Å². The molecule has 0 aromatic heterocycles. The first-order valence-corrected chi connectivity index (χ1v) is 6.05. The number of hydrogen-bond donors (Lipinski definition) is 0. The second-order valence-electron chi connectivity index (χ2n) is 4.50. The predicted octanol–water partition coefficient (Wildman–Crippen LogP) is 1.46. The smallest absolute Gasteiger partial charge is 0.410 e. The normalized spacial score (nSPS) is 21.5. The Balaban J connectivity index is 2.41. The monoisotopic (exact) mass is 243 g/mol. The summed E-state index contributed by atoms with van der Waals surface area (Å²) in [6.07, 6.45) is 1.18. The van der Waals surface area contributed by atoms with Crippen molar-refractivity contribution < 1.29 is 19.1 Å². The fraction of sp³-hybridized carbons (Fsp3) is 0.833. The van der Waals surface area contributed by atoms with E-state index in [1.54, 1.807) is 7.11 Å². The van der Waals surface area contributed by atoms with E-state index < -0.39 is 6.09 Å². The number of ketones is 1. The Morgan fingerprint density at radius 3 is 2.94 bits per heavy atom. The number of cyclic esters (lactones) is 1. The van der Waals surface area contributed by atoms with Crippen LogP contribution < -0.4 is 0 Å². The molecule has 0 bridgehead atoms. The number of hydrogen-bond acceptors (Lipinski definition) is 4. The lowest BCUT2D eigenvalue weighted by Gasteiger charge is -2.15. The van der Waals surface area contributed by atoms with Crippen LogP contribution >= 0.6 is 0 Å². The zero-order valence-corrected chi connectivity index (χ0v) is 10.8. The van der Waals surface area contributed by atoms with Crippen molar-refractivity contribution in [3.8, 4) is 0 Å². The van der Waals surface area contributed by atoms with Crippen LogP contribution in [0.4, 0.5) is 4.79 Å². The summed E-state index contributed by atoms with van der Waals surface area (Å²) in [5, 5.41) is 0. The van der Waals surface area contributed by atoms with Crippen molar-refractivity contribution in [2.75, 3.05) is 26.8 Å². The summed E-state index contributed by atoms with van der Waals surface area (Å²) in [6, 6.07) is 0. The van der Waals surface area contributed by atoms with E-state index in [-0.39, 0.29) is 24.3 Å². The van der Waals surface area contributed by atoms with Gasteiger partial charge in [0.05, 0.1) is 19.7 Å². The van der Waals surface area contributed by atoms with Crippen LogP contribution in [0.1, 0.15) is 26.7 Å². The fourth-order valence-electron chi connectivity index (χ4n) is 1.91. The number of carbonyl (C=O) groups is 2. The van der Waals surface area contributed by atoms with Gasteiger partial charge in [-0.25, -0.2) is 4.79 Å². The summed E-state index contributed by atoms with van der Waals surface area (Å²) in [6.45, 7) is 4.92. The molecule has 2 atom stereocenters. The highest BCUT2D eigenvalue weighted by Gasteiger charge is 2.32. The van der Waals surface area contributed by atoms with Crippen LogP contribution in [0.2, 0.25) is 0 Å². The van der Waals surface area contributed by atoms with Crippen molar-refractivity contribution in [1.82, 2.24) is 4.90 Å². The maximum atomic E-state index is 11.8. The van der Waals surface area contributed by atoms with Crippen LogP contribution in [0.25, 0.3) is 0 Å². The number of Topliss-reactive ketones (excluding diaryl/α,β-unsaturated/α-hetero) is 1. The number of nitrogens with zero attached hydrogens (tertiary/aromatic N) is 1. The minimum atomic E-state index is -0.413. The molecule has 1 rings (SSSR count). The minimum absolute atomic E-state index is 0.00859. The van der Waals surface area contributed by atoms with E-state index in [4.69, 9.17) is 9.47 Å². The van der Waals surface area contributed by atoms with Gasteiger partial charge in [0.1, 0.15) is 6.10 Å². The van der Waals surface area contributed by atoms with Gasteiger partial charge < -0.3 is 9.47 Å². The molecule has 0 aromatic rings. The summed E-state index contributed by atoms with van der Waals surface area (Å²) in [5.74, 6) is 0.108. The van der Waals surface area contributed by atoms with Gasteiger partial charge in [-0.1, -0.05) is 20.3 Å². The Kier molecular flexibility index (Phi) is 5.41. The summed E-state index contributed by atoms with van der Waals surface area (Å²) >= 11 is 0. The van der Waals surface area contributed by atoms with Crippen molar-refractivity contribution >= 4 is 11.9 Å². The van der Waals surface area contributed by atoms with Crippen LogP contribution in [-0.4, -0.2) is 49.7 Å².